The zero-order chi connectivity index (χ0) is 15.8. The van der Waals surface area contributed by atoms with Gasteiger partial charge in [-0.1, -0.05) is 13.2 Å². The second kappa shape index (κ2) is 8.46. The predicted molar refractivity (Wildman–Crippen MR) is 93.4 cm³/mol. The number of likely N-dealkylation sites (tertiary alicyclic amines) is 1. The van der Waals surface area contributed by atoms with Crippen LogP contribution in [0, 0.1) is 5.41 Å². The van der Waals surface area contributed by atoms with E-state index in [1.807, 2.05) is 0 Å². The number of nitrogens with zero attached hydrogens (tertiary/aromatic N) is 2. The van der Waals surface area contributed by atoms with Crippen LogP contribution in [0.2, 0.25) is 0 Å². The number of nitrogens with one attached hydrogen (secondary N) is 1. The number of hydrogen-bond donors (Lipinski definition) is 3. The molecule has 1 saturated heterocycles. The third-order valence-electron chi connectivity index (χ3n) is 3.32. The van der Waals surface area contributed by atoms with Crippen molar-refractivity contribution in [3.63, 3.8) is 0 Å². The van der Waals surface area contributed by atoms with Crippen LogP contribution in [-0.2, 0) is 0 Å². The van der Waals surface area contributed by atoms with Gasteiger partial charge in [-0.05, 0) is 47.5 Å². The van der Waals surface area contributed by atoms with E-state index in [4.69, 9.17) is 17.0 Å². The zero-order valence-electron chi connectivity index (χ0n) is 12.1. The number of halogens is 1. The van der Waals surface area contributed by atoms with E-state index in [9.17, 15) is 0 Å². The molecule has 0 spiro atoms. The van der Waals surface area contributed by atoms with Crippen LogP contribution in [0.4, 0.5) is 0 Å². The van der Waals surface area contributed by atoms with Gasteiger partial charge in [0.1, 0.15) is 0 Å². The van der Waals surface area contributed by atoms with Gasteiger partial charge in [-0.2, -0.15) is 5.10 Å². The van der Waals surface area contributed by atoms with Crippen molar-refractivity contribution in [3.8, 4) is 0 Å². The van der Waals surface area contributed by atoms with E-state index in [-0.39, 0.29) is 5.71 Å². The summed E-state index contributed by atoms with van der Waals surface area (Å²) < 4.78 is 0.738. The third-order valence-corrected chi connectivity index (χ3v) is 3.90. The first kappa shape index (κ1) is 17.2. The van der Waals surface area contributed by atoms with Crippen LogP contribution in [0.25, 0.3) is 0 Å². The minimum atomic E-state index is 0.238. The molecular weight excluding hydrogens is 330 g/mol. The lowest BCUT2D eigenvalue weighted by Crippen LogP contribution is -2.31. The van der Waals surface area contributed by atoms with E-state index in [1.54, 1.807) is 0 Å². The van der Waals surface area contributed by atoms with Crippen LogP contribution in [0.5, 0.6) is 0 Å². The van der Waals surface area contributed by atoms with Crippen molar-refractivity contribution < 1.29 is 0 Å². The van der Waals surface area contributed by atoms with Gasteiger partial charge < -0.3 is 21.9 Å². The lowest BCUT2D eigenvalue weighted by atomic mass is 9.98. The Bertz CT molecular complexity index is 510. The third kappa shape index (κ3) is 4.60. The maximum atomic E-state index is 7.93. The van der Waals surface area contributed by atoms with Crippen molar-refractivity contribution in [2.45, 2.75) is 19.3 Å². The largest absolute Gasteiger partial charge is 0.405 e. The van der Waals surface area contributed by atoms with Gasteiger partial charge in [0.25, 0.3) is 0 Å². The molecule has 1 aliphatic rings. The van der Waals surface area contributed by atoms with E-state index in [1.165, 1.54) is 24.9 Å². The maximum absolute atomic E-state index is 7.93. The Balaban J connectivity index is 3.12. The number of rotatable bonds is 6. The molecule has 5 nitrogen and oxygen atoms in total. The summed E-state index contributed by atoms with van der Waals surface area (Å²) in [6.07, 6.45) is 7.83. The molecule has 0 aromatic rings. The van der Waals surface area contributed by atoms with Crippen LogP contribution in [0.3, 0.4) is 0 Å². The van der Waals surface area contributed by atoms with Crippen molar-refractivity contribution in [3.05, 3.63) is 46.8 Å². The average Bonchev–Trinajstić information content (AvgIpc) is 2.48. The quantitative estimate of drug-likeness (QED) is 0.297. The summed E-state index contributed by atoms with van der Waals surface area (Å²) in [5.74, 6) is 5.25. The van der Waals surface area contributed by atoms with Crippen molar-refractivity contribution in [1.29, 1.82) is 5.41 Å². The van der Waals surface area contributed by atoms with E-state index in [0.717, 1.165) is 36.1 Å². The molecule has 1 rings (SSSR count). The van der Waals surface area contributed by atoms with Gasteiger partial charge in [0.2, 0.25) is 0 Å². The van der Waals surface area contributed by atoms with Gasteiger partial charge in [0.05, 0.1) is 22.1 Å². The zero-order valence-corrected chi connectivity index (χ0v) is 13.7. The monoisotopic (exact) mass is 351 g/mol. The molecule has 5 N–H and O–H groups in total. The molecule has 0 aliphatic carbocycles. The highest BCUT2D eigenvalue weighted by Crippen LogP contribution is 2.29. The van der Waals surface area contributed by atoms with Crippen LogP contribution < -0.4 is 11.6 Å². The molecule has 0 bridgehead atoms. The molecule has 0 radical (unpaired) electrons. The first-order chi connectivity index (χ1) is 10.0. The second-order valence-corrected chi connectivity index (χ2v) is 5.61. The molecule has 0 amide bonds. The summed E-state index contributed by atoms with van der Waals surface area (Å²) >= 11 is 3.49. The van der Waals surface area contributed by atoms with E-state index < -0.39 is 0 Å². The molecule has 6 heteroatoms. The lowest BCUT2D eigenvalue weighted by molar-refractivity contribution is 0.291. The average molecular weight is 352 g/mol. The molecule has 0 unspecified atom stereocenters. The highest BCUT2D eigenvalue weighted by Gasteiger charge is 2.21. The Labute approximate surface area is 134 Å². The Hall–Kier alpha value is -1.82. The van der Waals surface area contributed by atoms with Gasteiger partial charge in [0.15, 0.2) is 0 Å². The first-order valence-electron chi connectivity index (χ1n) is 6.76. The molecular formula is C15H22BrN5. The second-order valence-electron chi connectivity index (χ2n) is 4.75. The summed E-state index contributed by atoms with van der Waals surface area (Å²) in [6.45, 7) is 9.91. The fourth-order valence-corrected chi connectivity index (χ4v) is 2.84. The smallest absolute Gasteiger partial charge is 0.0629 e. The van der Waals surface area contributed by atoms with Crippen molar-refractivity contribution >= 4 is 27.9 Å². The minimum absolute atomic E-state index is 0.238. The Morgan fingerprint density at radius 2 is 1.81 bits per heavy atom. The van der Waals surface area contributed by atoms with Crippen molar-refractivity contribution in [1.82, 2.24) is 4.90 Å². The SMILES string of the molecule is C=C(C(=C)/C(=C(Br)\C=N/N)N1CCCCC1)C(=N)/C=C\N. The van der Waals surface area contributed by atoms with Gasteiger partial charge in [-0.25, -0.2) is 0 Å². The number of allylic oxidation sites excluding steroid dienone is 3. The Morgan fingerprint density at radius 1 is 1.19 bits per heavy atom. The molecule has 21 heavy (non-hydrogen) atoms. The van der Waals surface area contributed by atoms with E-state index in [0.29, 0.717) is 11.1 Å². The van der Waals surface area contributed by atoms with Crippen LogP contribution in [0.1, 0.15) is 19.3 Å². The fraction of sp³-hybridized carbons (Fsp3) is 0.333. The molecule has 1 heterocycles. The number of piperidine rings is 1. The molecule has 0 aromatic heterocycles. The Kier molecular flexibility index (Phi) is 6.94. The molecule has 1 aliphatic heterocycles. The highest BCUT2D eigenvalue weighted by atomic mass is 79.9. The molecule has 0 aromatic carbocycles. The Morgan fingerprint density at radius 3 is 2.33 bits per heavy atom. The summed E-state index contributed by atoms with van der Waals surface area (Å²) in [4.78, 5) is 2.22. The summed E-state index contributed by atoms with van der Waals surface area (Å²) in [5.41, 5.74) is 7.65. The molecule has 0 atom stereocenters. The topological polar surface area (TPSA) is 91.5 Å². The van der Waals surface area contributed by atoms with Gasteiger partial charge in [0, 0.05) is 24.2 Å². The summed E-state index contributed by atoms with van der Waals surface area (Å²) in [6, 6.07) is 0. The molecule has 0 saturated carbocycles. The number of nitrogens with two attached hydrogens (primary N) is 2. The lowest BCUT2D eigenvalue weighted by Gasteiger charge is -2.33. The van der Waals surface area contributed by atoms with Crippen LogP contribution in [0.15, 0.2) is 51.9 Å². The number of hydrazone groups is 1. The summed E-state index contributed by atoms with van der Waals surface area (Å²) in [5, 5.41) is 11.5. The highest BCUT2D eigenvalue weighted by molar-refractivity contribution is 9.12. The van der Waals surface area contributed by atoms with Gasteiger partial charge >= 0.3 is 0 Å². The van der Waals surface area contributed by atoms with Crippen LogP contribution >= 0.6 is 15.9 Å². The normalized spacial score (nSPS) is 17.1. The predicted octanol–water partition coefficient (Wildman–Crippen LogP) is 2.63. The maximum Gasteiger partial charge on any atom is 0.0629 e. The van der Waals surface area contributed by atoms with E-state index in [2.05, 4.69) is 39.1 Å². The summed E-state index contributed by atoms with van der Waals surface area (Å²) in [7, 11) is 0. The van der Waals surface area contributed by atoms with E-state index >= 15 is 0 Å². The van der Waals surface area contributed by atoms with Crippen molar-refractivity contribution in [2.24, 2.45) is 16.7 Å². The van der Waals surface area contributed by atoms with Gasteiger partial charge in [-0.3, -0.25) is 0 Å². The first-order valence-corrected chi connectivity index (χ1v) is 7.56. The van der Waals surface area contributed by atoms with Crippen molar-refractivity contribution in [2.75, 3.05) is 13.1 Å². The molecule has 1 fully saturated rings. The minimum Gasteiger partial charge on any atom is -0.405 e. The fourth-order valence-electron chi connectivity index (χ4n) is 2.23. The van der Waals surface area contributed by atoms with Gasteiger partial charge in [-0.15, -0.1) is 0 Å². The van der Waals surface area contributed by atoms with Crippen LogP contribution in [-0.4, -0.2) is 29.9 Å². The number of hydrogen-bond acceptors (Lipinski definition) is 5. The molecule has 114 valence electrons. The standard InChI is InChI=1S/C15H22BrN5/c1-11(14(18)6-7-17)12(2)15(13(16)10-20-19)21-8-4-3-5-9-21/h6-7,10,18H,1-5,8-9,17,19H2/b7-6-,15-13-,18-14?,20-10-.